The lowest BCUT2D eigenvalue weighted by Gasteiger charge is -2.18. The van der Waals surface area contributed by atoms with Crippen LogP contribution in [0.2, 0.25) is 0 Å². The van der Waals surface area contributed by atoms with E-state index in [9.17, 15) is 5.11 Å². The number of nitrogens with two attached hydrogens (primary N) is 1. The molecule has 0 saturated heterocycles. The van der Waals surface area contributed by atoms with Crippen molar-refractivity contribution in [1.29, 1.82) is 0 Å². The van der Waals surface area contributed by atoms with E-state index in [1.54, 1.807) is 27.4 Å². The largest absolute Gasteiger partial charge is 0.507 e. The Bertz CT molecular complexity index is 1010. The molecular formula is C23H27NO4. The summed E-state index contributed by atoms with van der Waals surface area (Å²) in [5.74, 6) is 2.19. The maximum atomic E-state index is 10.9. The van der Waals surface area contributed by atoms with Gasteiger partial charge in [0.2, 0.25) is 0 Å². The van der Waals surface area contributed by atoms with E-state index < -0.39 is 0 Å². The van der Waals surface area contributed by atoms with Gasteiger partial charge in [0.25, 0.3) is 0 Å². The van der Waals surface area contributed by atoms with Crippen molar-refractivity contribution in [3.63, 3.8) is 0 Å². The quantitative estimate of drug-likeness (QED) is 0.660. The van der Waals surface area contributed by atoms with E-state index in [-0.39, 0.29) is 11.8 Å². The van der Waals surface area contributed by atoms with Crippen LogP contribution in [0.15, 0.2) is 36.4 Å². The average Bonchev–Trinajstić information content (AvgIpc) is 2.65. The van der Waals surface area contributed by atoms with E-state index in [0.717, 1.165) is 33.2 Å². The summed E-state index contributed by atoms with van der Waals surface area (Å²) >= 11 is 0. The SMILES string of the molecule is COc1cc(C[C@H](C)N)cc(O)c1-c1ccc(OC)c2c(OC)cc(C)cc12. The van der Waals surface area contributed by atoms with E-state index in [2.05, 4.69) is 6.07 Å². The number of ether oxygens (including phenoxy) is 3. The van der Waals surface area contributed by atoms with E-state index in [0.29, 0.717) is 23.5 Å². The summed E-state index contributed by atoms with van der Waals surface area (Å²) in [4.78, 5) is 0. The zero-order valence-electron chi connectivity index (χ0n) is 17.0. The number of aromatic hydroxyl groups is 1. The van der Waals surface area contributed by atoms with Crippen LogP contribution in [0.3, 0.4) is 0 Å². The van der Waals surface area contributed by atoms with Gasteiger partial charge in [-0.05, 0) is 72.7 Å². The molecule has 0 radical (unpaired) electrons. The zero-order valence-corrected chi connectivity index (χ0v) is 17.0. The molecular weight excluding hydrogens is 354 g/mol. The molecule has 148 valence electrons. The molecule has 0 fully saturated rings. The summed E-state index contributed by atoms with van der Waals surface area (Å²) in [6.07, 6.45) is 0.653. The van der Waals surface area contributed by atoms with Gasteiger partial charge in [0.05, 0.1) is 32.3 Å². The first-order valence-corrected chi connectivity index (χ1v) is 9.20. The van der Waals surface area contributed by atoms with Crippen LogP contribution >= 0.6 is 0 Å². The summed E-state index contributed by atoms with van der Waals surface area (Å²) in [5.41, 5.74) is 9.38. The van der Waals surface area contributed by atoms with Gasteiger partial charge in [0, 0.05) is 6.04 Å². The molecule has 3 rings (SSSR count). The van der Waals surface area contributed by atoms with Crippen LogP contribution in [0.4, 0.5) is 0 Å². The molecule has 0 heterocycles. The van der Waals surface area contributed by atoms with Gasteiger partial charge in [-0.15, -0.1) is 0 Å². The predicted octanol–water partition coefficient (Wildman–Crippen LogP) is 4.44. The van der Waals surface area contributed by atoms with Gasteiger partial charge in [0.15, 0.2) is 0 Å². The average molecular weight is 381 g/mol. The molecule has 0 aliphatic heterocycles. The number of hydrogen-bond acceptors (Lipinski definition) is 5. The van der Waals surface area contributed by atoms with E-state index in [4.69, 9.17) is 19.9 Å². The number of phenols is 1. The fraction of sp³-hybridized carbons (Fsp3) is 0.304. The standard InChI is InChI=1S/C23H27NO4/c1-13-8-17-16(6-7-19(26-3)23(17)20(9-13)27-4)22-18(25)11-15(10-14(2)24)12-21(22)28-5/h6-9,11-12,14,25H,10,24H2,1-5H3/t14-/m0/s1. The molecule has 3 aromatic carbocycles. The van der Waals surface area contributed by atoms with Crippen molar-refractivity contribution < 1.29 is 19.3 Å². The van der Waals surface area contributed by atoms with Gasteiger partial charge >= 0.3 is 0 Å². The van der Waals surface area contributed by atoms with Gasteiger partial charge in [-0.1, -0.05) is 6.07 Å². The molecule has 5 nitrogen and oxygen atoms in total. The Labute approximate surface area is 165 Å². The highest BCUT2D eigenvalue weighted by atomic mass is 16.5. The minimum Gasteiger partial charge on any atom is -0.507 e. The Morgan fingerprint density at radius 2 is 1.61 bits per heavy atom. The van der Waals surface area contributed by atoms with Crippen LogP contribution in [0.1, 0.15) is 18.1 Å². The molecule has 0 unspecified atom stereocenters. The maximum absolute atomic E-state index is 10.9. The second-order valence-electron chi connectivity index (χ2n) is 7.08. The molecule has 3 aromatic rings. The van der Waals surface area contributed by atoms with Gasteiger partial charge in [-0.3, -0.25) is 0 Å². The normalized spacial score (nSPS) is 12.1. The maximum Gasteiger partial charge on any atom is 0.130 e. The van der Waals surface area contributed by atoms with Crippen molar-refractivity contribution in [2.75, 3.05) is 21.3 Å². The number of benzene rings is 3. The highest BCUT2D eigenvalue weighted by Crippen LogP contribution is 2.46. The number of hydrogen-bond donors (Lipinski definition) is 2. The van der Waals surface area contributed by atoms with Gasteiger partial charge < -0.3 is 25.1 Å². The lowest BCUT2D eigenvalue weighted by Crippen LogP contribution is -2.17. The number of fused-ring (bicyclic) bond motifs is 1. The Morgan fingerprint density at radius 1 is 0.929 bits per heavy atom. The van der Waals surface area contributed by atoms with Crippen LogP contribution in [-0.4, -0.2) is 32.5 Å². The minimum absolute atomic E-state index is 0.0105. The Morgan fingerprint density at radius 3 is 2.21 bits per heavy atom. The Kier molecular flexibility index (Phi) is 5.66. The summed E-state index contributed by atoms with van der Waals surface area (Å²) < 4.78 is 16.8. The second-order valence-corrected chi connectivity index (χ2v) is 7.08. The zero-order chi connectivity index (χ0) is 20.4. The Hall–Kier alpha value is -2.92. The van der Waals surface area contributed by atoms with Crippen LogP contribution < -0.4 is 19.9 Å². The van der Waals surface area contributed by atoms with Crippen molar-refractivity contribution in [2.45, 2.75) is 26.3 Å². The lowest BCUT2D eigenvalue weighted by atomic mass is 9.93. The van der Waals surface area contributed by atoms with Crippen LogP contribution in [0.25, 0.3) is 21.9 Å². The molecule has 0 aliphatic carbocycles. The van der Waals surface area contributed by atoms with Crippen LogP contribution in [-0.2, 0) is 6.42 Å². The predicted molar refractivity (Wildman–Crippen MR) is 113 cm³/mol. The minimum atomic E-state index is -0.0105. The fourth-order valence-electron chi connectivity index (χ4n) is 3.68. The summed E-state index contributed by atoms with van der Waals surface area (Å²) in [5, 5.41) is 12.6. The molecule has 5 heteroatoms. The third-order valence-corrected chi connectivity index (χ3v) is 4.81. The topological polar surface area (TPSA) is 73.9 Å². The highest BCUT2D eigenvalue weighted by Gasteiger charge is 2.20. The van der Waals surface area contributed by atoms with E-state index in [1.165, 1.54) is 0 Å². The molecule has 0 bridgehead atoms. The molecule has 0 aliphatic rings. The summed E-state index contributed by atoms with van der Waals surface area (Å²) in [7, 11) is 4.88. The third-order valence-electron chi connectivity index (χ3n) is 4.81. The number of phenolic OH excluding ortho intramolecular Hbond substituents is 1. The molecule has 1 atom stereocenters. The molecule has 0 saturated carbocycles. The van der Waals surface area contributed by atoms with Crippen molar-refractivity contribution in [3.05, 3.63) is 47.5 Å². The van der Waals surface area contributed by atoms with Crippen LogP contribution in [0, 0.1) is 6.92 Å². The summed E-state index contributed by atoms with van der Waals surface area (Å²) in [6, 6.07) is 11.5. The Balaban J connectivity index is 2.34. The lowest BCUT2D eigenvalue weighted by molar-refractivity contribution is 0.404. The number of methoxy groups -OCH3 is 3. The van der Waals surface area contributed by atoms with Crippen molar-refractivity contribution >= 4 is 10.8 Å². The first-order valence-electron chi connectivity index (χ1n) is 9.20. The number of rotatable bonds is 6. The monoisotopic (exact) mass is 381 g/mol. The van der Waals surface area contributed by atoms with Crippen LogP contribution in [0.5, 0.6) is 23.0 Å². The van der Waals surface area contributed by atoms with Crippen molar-refractivity contribution in [2.24, 2.45) is 5.73 Å². The van der Waals surface area contributed by atoms with Gasteiger partial charge in [0.1, 0.15) is 23.0 Å². The first kappa shape index (κ1) is 19.8. The molecule has 0 spiro atoms. The van der Waals surface area contributed by atoms with E-state index >= 15 is 0 Å². The van der Waals surface area contributed by atoms with Gasteiger partial charge in [-0.25, -0.2) is 0 Å². The van der Waals surface area contributed by atoms with E-state index in [1.807, 2.05) is 38.1 Å². The molecule has 0 aromatic heterocycles. The fourth-order valence-corrected chi connectivity index (χ4v) is 3.68. The number of aryl methyl sites for hydroxylation is 1. The smallest absolute Gasteiger partial charge is 0.130 e. The van der Waals surface area contributed by atoms with Gasteiger partial charge in [-0.2, -0.15) is 0 Å². The molecule has 3 N–H and O–H groups in total. The van der Waals surface area contributed by atoms with Crippen molar-refractivity contribution in [3.8, 4) is 34.1 Å². The second kappa shape index (κ2) is 7.98. The van der Waals surface area contributed by atoms with Crippen molar-refractivity contribution in [1.82, 2.24) is 0 Å². The highest BCUT2D eigenvalue weighted by molar-refractivity contribution is 6.05. The molecule has 28 heavy (non-hydrogen) atoms. The molecule has 0 amide bonds. The first-order chi connectivity index (χ1) is 13.4. The third kappa shape index (κ3) is 3.58. The summed E-state index contributed by atoms with van der Waals surface area (Å²) in [6.45, 7) is 3.94.